The summed E-state index contributed by atoms with van der Waals surface area (Å²) in [5, 5.41) is 4.55. The van der Waals surface area contributed by atoms with E-state index in [2.05, 4.69) is 42.5 Å². The molecule has 0 spiro atoms. The van der Waals surface area contributed by atoms with Gasteiger partial charge in [0.05, 0.1) is 22.2 Å². The van der Waals surface area contributed by atoms with E-state index in [-0.39, 0.29) is 0 Å². The van der Waals surface area contributed by atoms with Gasteiger partial charge < -0.3 is 20.7 Å². The molecule has 0 unspecified atom stereocenters. The van der Waals surface area contributed by atoms with Crippen LogP contribution in [0, 0.1) is 13.8 Å². The molecule has 1 aromatic heterocycles. The lowest BCUT2D eigenvalue weighted by atomic mass is 10.2. The van der Waals surface area contributed by atoms with Gasteiger partial charge in [0, 0.05) is 58.6 Å². The summed E-state index contributed by atoms with van der Waals surface area (Å²) in [5.74, 6) is 1.59. The topological polar surface area (TPSA) is 109 Å². The number of thioether (sulfide) groups is 1. The Morgan fingerprint density at radius 2 is 1.90 bits per heavy atom. The zero-order valence-corrected chi connectivity index (χ0v) is 26.1. The van der Waals surface area contributed by atoms with Gasteiger partial charge in [0.15, 0.2) is 6.29 Å². The highest BCUT2D eigenvalue weighted by Crippen LogP contribution is 2.27. The second-order valence-electron chi connectivity index (χ2n) is 7.75. The van der Waals surface area contributed by atoms with E-state index in [1.807, 2.05) is 65.9 Å². The molecule has 0 amide bonds. The molecular formula is C28H46ClN7O2S. The van der Waals surface area contributed by atoms with Crippen LogP contribution in [0.25, 0.3) is 0 Å². The molecule has 218 valence electrons. The maximum atomic E-state index is 11.1. The molecule has 2 aromatic rings. The average molecular weight is 580 g/mol. The van der Waals surface area contributed by atoms with Crippen molar-refractivity contribution >= 4 is 47.9 Å². The van der Waals surface area contributed by atoms with Crippen LogP contribution < -0.4 is 16.0 Å². The van der Waals surface area contributed by atoms with Gasteiger partial charge in [-0.1, -0.05) is 49.3 Å². The van der Waals surface area contributed by atoms with Crippen molar-refractivity contribution in [3.63, 3.8) is 0 Å². The predicted octanol–water partition coefficient (Wildman–Crippen LogP) is 5.07. The number of nitrogens with one attached hydrogen (secondary N) is 1. The molecule has 0 aliphatic carbocycles. The molecule has 39 heavy (non-hydrogen) atoms. The number of piperazine rings is 1. The van der Waals surface area contributed by atoms with Gasteiger partial charge in [-0.2, -0.15) is 0 Å². The van der Waals surface area contributed by atoms with E-state index in [1.165, 1.54) is 30.6 Å². The van der Waals surface area contributed by atoms with Crippen LogP contribution in [0.2, 0.25) is 5.02 Å². The minimum absolute atomic E-state index is 0.472. The van der Waals surface area contributed by atoms with Gasteiger partial charge in [0.25, 0.3) is 0 Å². The molecule has 3 rings (SSSR count). The summed E-state index contributed by atoms with van der Waals surface area (Å²) in [5.41, 5.74) is 6.69. The number of aryl methyl sites for hydroxylation is 2. The van der Waals surface area contributed by atoms with E-state index in [0.29, 0.717) is 10.7 Å². The van der Waals surface area contributed by atoms with Crippen LogP contribution in [0.1, 0.15) is 32.2 Å². The fourth-order valence-corrected chi connectivity index (χ4v) is 4.59. The van der Waals surface area contributed by atoms with Gasteiger partial charge in [-0.05, 0) is 46.2 Å². The van der Waals surface area contributed by atoms with Gasteiger partial charge in [-0.25, -0.2) is 9.97 Å². The molecule has 3 N–H and O–H groups in total. The van der Waals surface area contributed by atoms with Crippen LogP contribution in [0.15, 0.2) is 45.4 Å². The molecule has 0 saturated carbocycles. The summed E-state index contributed by atoms with van der Waals surface area (Å²) >= 11 is 7.14. The molecule has 11 heteroatoms. The van der Waals surface area contributed by atoms with E-state index >= 15 is 0 Å². The number of allylic oxidation sites excluding steroid dienone is 1. The summed E-state index contributed by atoms with van der Waals surface area (Å²) in [7, 11) is 3.37. The Labute approximate surface area is 244 Å². The Bertz CT molecular complexity index is 980. The quantitative estimate of drug-likeness (QED) is 0.0995. The number of aldehydes is 1. The number of benzene rings is 1. The van der Waals surface area contributed by atoms with Crippen molar-refractivity contribution in [2.75, 3.05) is 70.2 Å². The van der Waals surface area contributed by atoms with E-state index in [4.69, 9.17) is 16.3 Å². The molecule has 1 aliphatic rings. The molecule has 9 nitrogen and oxygen atoms in total. The standard InChI is InChI=1S/C17H25N5O2S.C8H10ClN.C2H6.CH5N/c1-4-24-10-9-21-5-7-22(8-6-21)16-11-17(20-14(2)19-16)25-15(13-23)12-18-3;1-6-4-3-5-7(9)8(6)10-2;2*1-2/h11-13H,3-10H2,1-2H3;3-5,10H,1-2H3;1-2H3;2H2,1H3/b15-12-;;;. The minimum Gasteiger partial charge on any atom is -0.387 e. The van der Waals surface area contributed by atoms with Gasteiger partial charge in [-0.3, -0.25) is 14.7 Å². The number of aromatic nitrogens is 2. The molecule has 0 radical (unpaired) electrons. The smallest absolute Gasteiger partial charge is 0.158 e. The third-order valence-corrected chi connectivity index (χ3v) is 6.45. The Kier molecular flexibility index (Phi) is 20.9. The minimum atomic E-state index is 0.472. The zero-order valence-electron chi connectivity index (χ0n) is 24.5. The first kappa shape index (κ1) is 36.5. The molecular weight excluding hydrogens is 534 g/mol. The van der Waals surface area contributed by atoms with Gasteiger partial charge in [0.1, 0.15) is 16.7 Å². The largest absolute Gasteiger partial charge is 0.387 e. The fraction of sp³-hybridized carbons (Fsp3) is 0.500. The Morgan fingerprint density at radius 3 is 2.41 bits per heavy atom. The lowest BCUT2D eigenvalue weighted by molar-refractivity contribution is -0.104. The number of carbonyl (C=O) groups is 1. The summed E-state index contributed by atoms with van der Waals surface area (Å²) in [6.07, 6.45) is 2.19. The Hall–Kier alpha value is -2.50. The number of anilines is 2. The van der Waals surface area contributed by atoms with Crippen LogP contribution in [0.3, 0.4) is 0 Å². The highest BCUT2D eigenvalue weighted by atomic mass is 35.5. The zero-order chi connectivity index (χ0) is 29.6. The van der Waals surface area contributed by atoms with Crippen molar-refractivity contribution < 1.29 is 9.53 Å². The number of aliphatic imine (C=N–C) groups is 1. The second kappa shape index (κ2) is 22.3. The van der Waals surface area contributed by atoms with Crippen molar-refractivity contribution in [3.8, 4) is 0 Å². The predicted molar refractivity (Wildman–Crippen MR) is 169 cm³/mol. The highest BCUT2D eigenvalue weighted by molar-refractivity contribution is 8.03. The summed E-state index contributed by atoms with van der Waals surface area (Å²) in [6, 6.07) is 7.77. The van der Waals surface area contributed by atoms with Crippen molar-refractivity contribution in [2.45, 2.75) is 39.6 Å². The Balaban J connectivity index is 0.000000857. The number of para-hydroxylation sites is 1. The SMILES string of the molecule is C=N/C=C(/C=O)Sc1cc(N2CCN(CCOCC)CC2)nc(C)n1.CC.CN.CNc1c(C)cccc1Cl. The maximum absolute atomic E-state index is 11.1. The number of halogens is 1. The number of hydrogen-bond donors (Lipinski definition) is 2. The van der Waals surface area contributed by atoms with Crippen LogP contribution >= 0.6 is 23.4 Å². The average Bonchev–Trinajstić information content (AvgIpc) is 2.96. The first-order valence-corrected chi connectivity index (χ1v) is 14.3. The van der Waals surface area contributed by atoms with E-state index in [9.17, 15) is 4.79 Å². The van der Waals surface area contributed by atoms with Gasteiger partial charge >= 0.3 is 0 Å². The maximum Gasteiger partial charge on any atom is 0.158 e. The van der Waals surface area contributed by atoms with E-state index in [1.54, 1.807) is 0 Å². The van der Waals surface area contributed by atoms with Crippen molar-refractivity contribution in [1.82, 2.24) is 14.9 Å². The number of nitrogens with two attached hydrogens (primary N) is 1. The molecule has 2 heterocycles. The molecule has 1 fully saturated rings. The summed E-state index contributed by atoms with van der Waals surface area (Å²) in [6.45, 7) is 19.6. The van der Waals surface area contributed by atoms with Crippen molar-refractivity contribution in [1.29, 1.82) is 0 Å². The number of ether oxygens (including phenoxy) is 1. The monoisotopic (exact) mass is 579 g/mol. The summed E-state index contributed by atoms with van der Waals surface area (Å²) in [4.78, 5) is 28.8. The normalized spacial score (nSPS) is 13.1. The van der Waals surface area contributed by atoms with Crippen molar-refractivity contribution in [3.05, 3.63) is 51.8 Å². The summed E-state index contributed by atoms with van der Waals surface area (Å²) < 4.78 is 5.42. The second-order valence-corrected chi connectivity index (χ2v) is 9.25. The first-order valence-electron chi connectivity index (χ1n) is 13.1. The van der Waals surface area contributed by atoms with E-state index < -0.39 is 0 Å². The van der Waals surface area contributed by atoms with Crippen LogP contribution in [0.4, 0.5) is 11.5 Å². The number of carbonyl (C=O) groups excluding carboxylic acids is 1. The van der Waals surface area contributed by atoms with Crippen LogP contribution in [0.5, 0.6) is 0 Å². The molecule has 1 aromatic carbocycles. The molecule has 1 saturated heterocycles. The molecule has 0 bridgehead atoms. The van der Waals surface area contributed by atoms with Gasteiger partial charge in [0.2, 0.25) is 0 Å². The molecule has 0 atom stereocenters. The van der Waals surface area contributed by atoms with Crippen molar-refractivity contribution in [2.24, 2.45) is 10.7 Å². The van der Waals surface area contributed by atoms with Gasteiger partial charge in [-0.15, -0.1) is 0 Å². The van der Waals surface area contributed by atoms with Crippen LogP contribution in [-0.2, 0) is 9.53 Å². The first-order chi connectivity index (χ1) is 18.9. The number of hydrogen-bond acceptors (Lipinski definition) is 10. The van der Waals surface area contributed by atoms with Crippen LogP contribution in [-0.4, -0.2) is 87.9 Å². The lowest BCUT2D eigenvalue weighted by Crippen LogP contribution is -2.47. The third kappa shape index (κ3) is 13.9. The van der Waals surface area contributed by atoms with E-state index in [0.717, 1.165) is 73.8 Å². The number of rotatable bonds is 10. The third-order valence-electron chi connectivity index (χ3n) is 5.28. The lowest BCUT2D eigenvalue weighted by Gasteiger charge is -2.35. The molecule has 1 aliphatic heterocycles. The fourth-order valence-electron chi connectivity index (χ4n) is 3.52. The highest BCUT2D eigenvalue weighted by Gasteiger charge is 2.19. The number of nitrogens with zero attached hydrogens (tertiary/aromatic N) is 5. The Morgan fingerprint density at radius 1 is 1.23 bits per heavy atom.